The molecule has 8 nitrogen and oxygen atoms in total. The van der Waals surface area contributed by atoms with Gasteiger partial charge in [-0.25, -0.2) is 4.79 Å². The third-order valence-electron chi connectivity index (χ3n) is 3.64. The Morgan fingerprint density at radius 1 is 1.22 bits per heavy atom. The van der Waals surface area contributed by atoms with Crippen molar-refractivity contribution >= 4 is 63.7 Å². The Balaban J connectivity index is 1.81. The number of hydrogen-bond donors (Lipinski definition) is 1. The van der Waals surface area contributed by atoms with Gasteiger partial charge >= 0.3 is 5.97 Å². The van der Waals surface area contributed by atoms with Gasteiger partial charge in [-0.3, -0.25) is 14.9 Å². The molecule has 0 fully saturated rings. The number of ether oxygens (including phenoxy) is 1. The van der Waals surface area contributed by atoms with Crippen molar-refractivity contribution < 1.29 is 19.2 Å². The molecule has 27 heavy (non-hydrogen) atoms. The van der Waals surface area contributed by atoms with E-state index in [0.717, 1.165) is 6.07 Å². The summed E-state index contributed by atoms with van der Waals surface area (Å²) >= 11 is 17.9. The molecule has 1 heterocycles. The van der Waals surface area contributed by atoms with Gasteiger partial charge < -0.3 is 15.0 Å². The van der Waals surface area contributed by atoms with Crippen LogP contribution in [0.2, 0.25) is 15.1 Å². The number of carbonyl (C=O) groups is 2. The van der Waals surface area contributed by atoms with E-state index < -0.39 is 16.8 Å². The average Bonchev–Trinajstić information content (AvgIpc) is 2.57. The molecular weight excluding hydrogens is 421 g/mol. The first-order chi connectivity index (χ1) is 12.7. The van der Waals surface area contributed by atoms with E-state index in [0.29, 0.717) is 10.7 Å². The predicted molar refractivity (Wildman–Crippen MR) is 101 cm³/mol. The highest BCUT2D eigenvalue weighted by Gasteiger charge is 2.28. The molecule has 2 aromatic rings. The Bertz CT molecular complexity index is 943. The molecule has 1 aliphatic heterocycles. The molecule has 0 aliphatic carbocycles. The van der Waals surface area contributed by atoms with Crippen molar-refractivity contribution in [2.24, 2.45) is 0 Å². The van der Waals surface area contributed by atoms with Crippen molar-refractivity contribution in [2.75, 3.05) is 23.3 Å². The van der Waals surface area contributed by atoms with Gasteiger partial charge in [0.25, 0.3) is 5.69 Å². The minimum atomic E-state index is -0.640. The molecule has 0 saturated heterocycles. The van der Waals surface area contributed by atoms with E-state index in [1.807, 2.05) is 0 Å². The second kappa shape index (κ2) is 7.59. The molecule has 0 saturated carbocycles. The highest BCUT2D eigenvalue weighted by atomic mass is 35.5. The van der Waals surface area contributed by atoms with Crippen LogP contribution in [0, 0.1) is 10.1 Å². The molecular formula is C16H10Cl3N3O5. The number of nitrogens with one attached hydrogen (secondary N) is 1. The fourth-order valence-corrected chi connectivity index (χ4v) is 3.42. The van der Waals surface area contributed by atoms with Gasteiger partial charge in [-0.2, -0.15) is 0 Å². The standard InChI is InChI=1S/C16H10Cl3N3O5/c17-8-3-10(18)16(11(19)4-8)20-14(23)6-21-7-15(24)27-13-5-9(22(25)26)1-2-12(13)21/h1-5H,6-7H2,(H,20,23). The minimum absolute atomic E-state index is 0.0100. The maximum absolute atomic E-state index is 12.4. The molecule has 1 N–H and O–H groups in total. The van der Waals surface area contributed by atoms with Crippen LogP contribution in [0.4, 0.5) is 17.1 Å². The van der Waals surface area contributed by atoms with Crippen molar-refractivity contribution in [3.63, 3.8) is 0 Å². The molecule has 1 amide bonds. The van der Waals surface area contributed by atoms with Gasteiger partial charge in [0, 0.05) is 11.1 Å². The van der Waals surface area contributed by atoms with Gasteiger partial charge in [0.1, 0.15) is 6.54 Å². The van der Waals surface area contributed by atoms with E-state index in [-0.39, 0.29) is 40.3 Å². The number of esters is 1. The van der Waals surface area contributed by atoms with Crippen LogP contribution in [0.15, 0.2) is 30.3 Å². The molecule has 3 rings (SSSR count). The van der Waals surface area contributed by atoms with Gasteiger partial charge in [0.15, 0.2) is 5.75 Å². The van der Waals surface area contributed by atoms with E-state index >= 15 is 0 Å². The Kier molecular flexibility index (Phi) is 5.41. The molecule has 0 spiro atoms. The van der Waals surface area contributed by atoms with E-state index in [1.165, 1.54) is 29.2 Å². The average molecular weight is 431 g/mol. The second-order valence-corrected chi connectivity index (χ2v) is 6.78. The lowest BCUT2D eigenvalue weighted by molar-refractivity contribution is -0.384. The van der Waals surface area contributed by atoms with Crippen LogP contribution in [0.1, 0.15) is 0 Å². The van der Waals surface area contributed by atoms with Crippen LogP contribution in [0.5, 0.6) is 5.75 Å². The molecule has 1 aliphatic rings. The zero-order chi connectivity index (χ0) is 19.7. The van der Waals surface area contributed by atoms with Crippen molar-refractivity contribution in [2.45, 2.75) is 0 Å². The molecule has 2 aromatic carbocycles. The molecule has 0 bridgehead atoms. The minimum Gasteiger partial charge on any atom is -0.423 e. The summed E-state index contributed by atoms with van der Waals surface area (Å²) in [6, 6.07) is 6.66. The van der Waals surface area contributed by atoms with Gasteiger partial charge in [-0.15, -0.1) is 0 Å². The number of nitro groups is 1. The lowest BCUT2D eigenvalue weighted by atomic mass is 10.2. The Hall–Kier alpha value is -2.55. The maximum Gasteiger partial charge on any atom is 0.331 e. The van der Waals surface area contributed by atoms with Gasteiger partial charge in [0.05, 0.1) is 39.0 Å². The fraction of sp³-hybridized carbons (Fsp3) is 0.125. The second-order valence-electron chi connectivity index (χ2n) is 5.53. The summed E-state index contributed by atoms with van der Waals surface area (Å²) in [6.45, 7) is -0.421. The van der Waals surface area contributed by atoms with Gasteiger partial charge in [0.2, 0.25) is 5.91 Å². The van der Waals surface area contributed by atoms with E-state index in [1.54, 1.807) is 0 Å². The van der Waals surface area contributed by atoms with Crippen LogP contribution in [-0.2, 0) is 9.59 Å². The van der Waals surface area contributed by atoms with Crippen molar-refractivity contribution in [3.05, 3.63) is 55.5 Å². The fourth-order valence-electron chi connectivity index (χ4n) is 2.51. The van der Waals surface area contributed by atoms with Crippen LogP contribution in [-0.4, -0.2) is 29.9 Å². The number of rotatable bonds is 4. The first-order valence-corrected chi connectivity index (χ1v) is 8.56. The van der Waals surface area contributed by atoms with Crippen molar-refractivity contribution in [1.29, 1.82) is 0 Å². The Morgan fingerprint density at radius 2 is 1.89 bits per heavy atom. The molecule has 0 atom stereocenters. The lowest BCUT2D eigenvalue weighted by Crippen LogP contribution is -2.41. The summed E-state index contributed by atoms with van der Waals surface area (Å²) < 4.78 is 5.03. The topological polar surface area (TPSA) is 102 Å². The SMILES string of the molecule is O=C(CN1CC(=O)Oc2cc([N+](=O)[O-])ccc21)Nc1c(Cl)cc(Cl)cc1Cl. The maximum atomic E-state index is 12.4. The number of halogens is 3. The Labute approximate surface area is 167 Å². The highest BCUT2D eigenvalue weighted by molar-refractivity contribution is 6.42. The molecule has 0 unspecified atom stereocenters. The number of non-ortho nitro benzene ring substituents is 1. The first kappa shape index (κ1) is 19.2. The van der Waals surface area contributed by atoms with E-state index in [4.69, 9.17) is 39.5 Å². The highest BCUT2D eigenvalue weighted by Crippen LogP contribution is 2.36. The smallest absolute Gasteiger partial charge is 0.331 e. The van der Waals surface area contributed by atoms with E-state index in [2.05, 4.69) is 5.32 Å². The van der Waals surface area contributed by atoms with Gasteiger partial charge in [-0.1, -0.05) is 34.8 Å². The molecule has 0 aromatic heterocycles. The zero-order valence-corrected chi connectivity index (χ0v) is 15.6. The summed E-state index contributed by atoms with van der Waals surface area (Å²) in [7, 11) is 0. The van der Waals surface area contributed by atoms with Crippen molar-refractivity contribution in [3.8, 4) is 5.75 Å². The largest absolute Gasteiger partial charge is 0.423 e. The molecule has 11 heteroatoms. The third kappa shape index (κ3) is 4.24. The summed E-state index contributed by atoms with van der Waals surface area (Å²) in [4.78, 5) is 35.9. The van der Waals surface area contributed by atoms with Crippen LogP contribution >= 0.6 is 34.8 Å². The summed E-state index contributed by atoms with van der Waals surface area (Å²) in [5.41, 5.74) is 0.340. The zero-order valence-electron chi connectivity index (χ0n) is 13.4. The van der Waals surface area contributed by atoms with E-state index in [9.17, 15) is 19.7 Å². The first-order valence-electron chi connectivity index (χ1n) is 7.43. The number of benzene rings is 2. The van der Waals surface area contributed by atoms with Crippen LogP contribution in [0.25, 0.3) is 0 Å². The number of amides is 1. The number of carbonyl (C=O) groups excluding carboxylic acids is 2. The number of anilines is 2. The third-order valence-corrected chi connectivity index (χ3v) is 4.46. The monoisotopic (exact) mass is 429 g/mol. The quantitative estimate of drug-likeness (QED) is 0.341. The number of nitrogens with zero attached hydrogens (tertiary/aromatic N) is 2. The summed E-state index contributed by atoms with van der Waals surface area (Å²) in [5, 5.41) is 14.1. The molecule has 0 radical (unpaired) electrons. The normalized spacial score (nSPS) is 13.0. The lowest BCUT2D eigenvalue weighted by Gasteiger charge is -2.29. The van der Waals surface area contributed by atoms with Crippen LogP contribution in [0.3, 0.4) is 0 Å². The van der Waals surface area contributed by atoms with Crippen LogP contribution < -0.4 is 15.0 Å². The molecule has 140 valence electrons. The van der Waals surface area contributed by atoms with Crippen molar-refractivity contribution in [1.82, 2.24) is 0 Å². The predicted octanol–water partition coefficient (Wildman–Crippen LogP) is 3.92. The number of fused-ring (bicyclic) bond motifs is 1. The Morgan fingerprint density at radius 3 is 2.52 bits per heavy atom. The number of hydrogen-bond acceptors (Lipinski definition) is 6. The van der Waals surface area contributed by atoms with Gasteiger partial charge in [-0.05, 0) is 18.2 Å². The summed E-state index contributed by atoms with van der Waals surface area (Å²) in [5.74, 6) is -1.13. The number of nitro benzene ring substituents is 1. The summed E-state index contributed by atoms with van der Waals surface area (Å²) in [6.07, 6.45) is 0.